The molecule has 0 aliphatic carbocycles. The number of aromatic amines is 1. The maximum absolute atomic E-state index is 12.9. The average Bonchev–Trinajstić information content (AvgIpc) is 3.33. The van der Waals surface area contributed by atoms with Gasteiger partial charge in [0.25, 0.3) is 5.56 Å². The molecule has 4 rings (SSSR count). The van der Waals surface area contributed by atoms with Crippen molar-refractivity contribution < 1.29 is 23.8 Å². The lowest BCUT2D eigenvalue weighted by Crippen LogP contribution is -2.34. The van der Waals surface area contributed by atoms with Crippen molar-refractivity contribution in [1.82, 2.24) is 9.55 Å². The van der Waals surface area contributed by atoms with E-state index in [1.165, 1.54) is 10.8 Å². The lowest BCUT2D eigenvalue weighted by molar-refractivity contribution is -0.0582. The zero-order chi connectivity index (χ0) is 28.6. The molecule has 2 aromatic carbocycles. The highest BCUT2D eigenvalue weighted by Gasteiger charge is 2.40. The van der Waals surface area contributed by atoms with Gasteiger partial charge in [-0.3, -0.25) is 14.3 Å². The highest BCUT2D eigenvalue weighted by molar-refractivity contribution is 5.90. The number of benzene rings is 2. The van der Waals surface area contributed by atoms with Crippen LogP contribution in [-0.4, -0.2) is 40.3 Å². The van der Waals surface area contributed by atoms with Crippen molar-refractivity contribution >= 4 is 11.9 Å². The monoisotopic (exact) mass is 544 g/mol. The van der Waals surface area contributed by atoms with Gasteiger partial charge in [0.15, 0.2) is 0 Å². The Morgan fingerprint density at radius 1 is 1.00 bits per heavy atom. The SMILES string of the molecule is CCCCC#Cc1cn([C@H]2C[C@H](OC(=O)c3ccc(C)cc3)[C@@H](COC(=O)c3ccc(C)cc3)O2)c(=O)[nH]c1=O. The van der Waals surface area contributed by atoms with Crippen LogP contribution in [0.4, 0.5) is 0 Å². The summed E-state index contributed by atoms with van der Waals surface area (Å²) in [4.78, 5) is 52.9. The Labute approximate surface area is 232 Å². The van der Waals surface area contributed by atoms with E-state index in [4.69, 9.17) is 14.2 Å². The van der Waals surface area contributed by atoms with Gasteiger partial charge < -0.3 is 14.2 Å². The van der Waals surface area contributed by atoms with Crippen LogP contribution in [0.1, 0.15) is 76.2 Å². The van der Waals surface area contributed by atoms with Gasteiger partial charge in [-0.05, 0) is 44.5 Å². The highest BCUT2D eigenvalue weighted by Crippen LogP contribution is 2.31. The van der Waals surface area contributed by atoms with Gasteiger partial charge in [-0.2, -0.15) is 0 Å². The third-order valence-corrected chi connectivity index (χ3v) is 6.55. The fourth-order valence-corrected chi connectivity index (χ4v) is 4.18. The van der Waals surface area contributed by atoms with Crippen molar-refractivity contribution in [3.63, 3.8) is 0 Å². The van der Waals surface area contributed by atoms with E-state index in [2.05, 4.69) is 16.8 Å². The van der Waals surface area contributed by atoms with Gasteiger partial charge in [-0.1, -0.05) is 60.6 Å². The number of esters is 2. The predicted octanol–water partition coefficient (Wildman–Crippen LogP) is 4.07. The van der Waals surface area contributed by atoms with Crippen LogP contribution in [0.15, 0.2) is 64.3 Å². The van der Waals surface area contributed by atoms with E-state index in [0.29, 0.717) is 17.5 Å². The van der Waals surface area contributed by atoms with Gasteiger partial charge in [0.1, 0.15) is 30.6 Å². The summed E-state index contributed by atoms with van der Waals surface area (Å²) < 4.78 is 18.6. The van der Waals surface area contributed by atoms with E-state index in [1.807, 2.05) is 20.8 Å². The minimum Gasteiger partial charge on any atom is -0.459 e. The van der Waals surface area contributed by atoms with Gasteiger partial charge in [0, 0.05) is 19.0 Å². The second kappa shape index (κ2) is 13.1. The number of aromatic nitrogens is 2. The molecule has 1 aromatic heterocycles. The van der Waals surface area contributed by atoms with E-state index in [-0.39, 0.29) is 18.6 Å². The maximum Gasteiger partial charge on any atom is 0.338 e. The number of aryl methyl sites for hydroxylation is 2. The molecule has 1 saturated heterocycles. The lowest BCUT2D eigenvalue weighted by atomic mass is 10.1. The van der Waals surface area contributed by atoms with Crippen LogP contribution in [0.2, 0.25) is 0 Å². The third kappa shape index (κ3) is 7.16. The Hall–Kier alpha value is -4.42. The first-order valence-corrected chi connectivity index (χ1v) is 13.3. The molecule has 1 aliphatic heterocycles. The number of rotatable bonds is 8. The summed E-state index contributed by atoms with van der Waals surface area (Å²) in [6.45, 7) is 5.66. The van der Waals surface area contributed by atoms with Crippen LogP contribution in [-0.2, 0) is 14.2 Å². The maximum atomic E-state index is 12.9. The number of nitrogens with one attached hydrogen (secondary N) is 1. The van der Waals surface area contributed by atoms with Gasteiger partial charge in [0.2, 0.25) is 0 Å². The topological polar surface area (TPSA) is 117 Å². The molecule has 9 heteroatoms. The van der Waals surface area contributed by atoms with Crippen LogP contribution in [0.25, 0.3) is 0 Å². The Bertz CT molecular complexity index is 1530. The molecule has 0 spiro atoms. The van der Waals surface area contributed by atoms with Gasteiger partial charge >= 0.3 is 17.6 Å². The lowest BCUT2D eigenvalue weighted by Gasteiger charge is -2.19. The second-order valence-electron chi connectivity index (χ2n) is 9.75. The molecule has 0 saturated carbocycles. The van der Waals surface area contributed by atoms with Crippen molar-refractivity contribution in [2.45, 2.75) is 64.9 Å². The van der Waals surface area contributed by atoms with Crippen molar-refractivity contribution in [3.8, 4) is 11.8 Å². The molecule has 208 valence electrons. The Balaban J connectivity index is 1.56. The van der Waals surface area contributed by atoms with E-state index in [9.17, 15) is 19.2 Å². The van der Waals surface area contributed by atoms with E-state index >= 15 is 0 Å². The van der Waals surface area contributed by atoms with Crippen LogP contribution in [0.3, 0.4) is 0 Å². The predicted molar refractivity (Wildman–Crippen MR) is 148 cm³/mol. The van der Waals surface area contributed by atoms with Crippen molar-refractivity contribution in [1.29, 1.82) is 0 Å². The van der Waals surface area contributed by atoms with E-state index in [0.717, 1.165) is 24.0 Å². The fraction of sp³-hybridized carbons (Fsp3) is 0.355. The number of H-pyrrole nitrogens is 1. The summed E-state index contributed by atoms with van der Waals surface area (Å²) in [5.74, 6) is 4.64. The van der Waals surface area contributed by atoms with E-state index < -0.39 is 41.6 Å². The van der Waals surface area contributed by atoms with Crippen LogP contribution in [0, 0.1) is 25.7 Å². The van der Waals surface area contributed by atoms with Gasteiger partial charge in [-0.15, -0.1) is 0 Å². The number of ether oxygens (including phenoxy) is 3. The normalized spacial score (nSPS) is 18.0. The molecule has 0 amide bonds. The molecule has 40 heavy (non-hydrogen) atoms. The summed E-state index contributed by atoms with van der Waals surface area (Å²) in [7, 11) is 0. The van der Waals surface area contributed by atoms with E-state index in [1.54, 1.807) is 48.5 Å². The molecule has 0 unspecified atom stereocenters. The summed E-state index contributed by atoms with van der Waals surface area (Å²) in [5.41, 5.74) is 1.58. The van der Waals surface area contributed by atoms with Gasteiger partial charge in [0.05, 0.1) is 11.1 Å². The molecular formula is C31H32N2O7. The van der Waals surface area contributed by atoms with Crippen molar-refractivity contribution in [2.75, 3.05) is 6.61 Å². The molecule has 0 radical (unpaired) electrons. The Morgan fingerprint density at radius 3 is 2.25 bits per heavy atom. The van der Waals surface area contributed by atoms with Crippen molar-refractivity contribution in [2.24, 2.45) is 0 Å². The average molecular weight is 545 g/mol. The quantitative estimate of drug-likeness (QED) is 0.258. The number of nitrogens with zero attached hydrogens (tertiary/aromatic N) is 1. The third-order valence-electron chi connectivity index (χ3n) is 6.55. The Kier molecular flexibility index (Phi) is 9.35. The number of unbranched alkanes of at least 4 members (excludes halogenated alkanes) is 2. The van der Waals surface area contributed by atoms with Gasteiger partial charge in [-0.25, -0.2) is 14.4 Å². The zero-order valence-corrected chi connectivity index (χ0v) is 22.8. The Morgan fingerprint density at radius 2 is 1.62 bits per heavy atom. The minimum absolute atomic E-state index is 0.0962. The molecule has 1 aliphatic rings. The van der Waals surface area contributed by atoms with Crippen LogP contribution >= 0.6 is 0 Å². The van der Waals surface area contributed by atoms with Crippen LogP contribution < -0.4 is 11.2 Å². The molecule has 2 heterocycles. The van der Waals surface area contributed by atoms with Crippen LogP contribution in [0.5, 0.6) is 0 Å². The summed E-state index contributed by atoms with van der Waals surface area (Å²) >= 11 is 0. The molecule has 1 fully saturated rings. The standard InChI is InChI=1S/C31H32N2O7/c1-4-5-6-7-8-24-18-33(31(37)32-28(24)34)27-17-25(40-30(36)23-15-11-21(3)12-16-23)26(39-27)19-38-29(35)22-13-9-20(2)10-14-22/h9-16,18,25-27H,4-6,17,19H2,1-3H3,(H,32,34,37)/t25-,26+,27+/m0/s1. The summed E-state index contributed by atoms with van der Waals surface area (Å²) in [5, 5.41) is 0. The first kappa shape index (κ1) is 28.6. The number of carbonyl (C=O) groups excluding carboxylic acids is 2. The molecular weight excluding hydrogens is 512 g/mol. The smallest absolute Gasteiger partial charge is 0.338 e. The summed E-state index contributed by atoms with van der Waals surface area (Å²) in [6.07, 6.45) is 1.37. The molecule has 0 bridgehead atoms. The zero-order valence-electron chi connectivity index (χ0n) is 22.8. The largest absolute Gasteiger partial charge is 0.459 e. The molecule has 9 nitrogen and oxygen atoms in total. The second-order valence-corrected chi connectivity index (χ2v) is 9.75. The summed E-state index contributed by atoms with van der Waals surface area (Å²) in [6, 6.07) is 13.8. The number of carbonyl (C=O) groups is 2. The minimum atomic E-state index is -0.889. The first-order valence-electron chi connectivity index (χ1n) is 13.3. The highest BCUT2D eigenvalue weighted by atomic mass is 16.6. The van der Waals surface area contributed by atoms with Crippen molar-refractivity contribution in [3.05, 3.63) is 103 Å². The molecule has 3 aromatic rings. The molecule has 1 N–H and O–H groups in total. The number of hydrogen-bond acceptors (Lipinski definition) is 7. The number of hydrogen-bond donors (Lipinski definition) is 1. The molecule has 3 atom stereocenters. The first-order chi connectivity index (χ1) is 19.2. The fourth-order valence-electron chi connectivity index (χ4n) is 4.18.